The standard InChI is InChI=1S/C19H28N2O/c1-20-18(22)17(16-5-3-2-4-6-21(16)20)19-10-13-7-14(11-19)9-15(8-13)12-19/h13-15H,2-12H2,1H3. The highest BCUT2D eigenvalue weighted by molar-refractivity contribution is 5.33. The Morgan fingerprint density at radius 3 is 2.23 bits per heavy atom. The lowest BCUT2D eigenvalue weighted by Crippen LogP contribution is -2.50. The molecule has 0 saturated heterocycles. The van der Waals surface area contributed by atoms with Crippen LogP contribution in [-0.4, -0.2) is 9.36 Å². The van der Waals surface area contributed by atoms with Gasteiger partial charge in [0.1, 0.15) is 0 Å². The third-order valence-corrected chi connectivity index (χ3v) is 7.32. The highest BCUT2D eigenvalue weighted by Crippen LogP contribution is 2.60. The molecule has 4 fully saturated rings. The molecule has 0 spiro atoms. The monoisotopic (exact) mass is 300 g/mol. The van der Waals surface area contributed by atoms with E-state index in [2.05, 4.69) is 4.68 Å². The molecule has 0 radical (unpaired) electrons. The predicted molar refractivity (Wildman–Crippen MR) is 87.1 cm³/mol. The number of fused-ring (bicyclic) bond motifs is 1. The first-order valence-electron chi connectivity index (χ1n) is 9.45. The van der Waals surface area contributed by atoms with Gasteiger partial charge in [-0.1, -0.05) is 6.42 Å². The quantitative estimate of drug-likeness (QED) is 0.781. The van der Waals surface area contributed by atoms with Gasteiger partial charge in [-0.25, -0.2) is 0 Å². The van der Waals surface area contributed by atoms with E-state index in [0.717, 1.165) is 30.7 Å². The molecular formula is C19H28N2O. The highest BCUT2D eigenvalue weighted by Gasteiger charge is 2.53. The maximum Gasteiger partial charge on any atom is 0.270 e. The first kappa shape index (κ1) is 13.4. The Balaban J connectivity index is 1.68. The van der Waals surface area contributed by atoms with Gasteiger partial charge in [-0.2, -0.15) is 0 Å². The van der Waals surface area contributed by atoms with Crippen molar-refractivity contribution < 1.29 is 0 Å². The minimum Gasteiger partial charge on any atom is -0.287 e. The van der Waals surface area contributed by atoms with Gasteiger partial charge in [0.2, 0.25) is 0 Å². The van der Waals surface area contributed by atoms with Crippen molar-refractivity contribution in [2.45, 2.75) is 76.2 Å². The average Bonchev–Trinajstić information content (AvgIpc) is 2.64. The Hall–Kier alpha value is -0.990. The van der Waals surface area contributed by atoms with E-state index >= 15 is 0 Å². The third kappa shape index (κ3) is 1.71. The molecule has 0 amide bonds. The fourth-order valence-corrected chi connectivity index (χ4v) is 6.92. The molecule has 3 heteroatoms. The molecule has 6 rings (SSSR count). The molecule has 2 heterocycles. The fourth-order valence-electron chi connectivity index (χ4n) is 6.92. The summed E-state index contributed by atoms with van der Waals surface area (Å²) >= 11 is 0. The predicted octanol–water partition coefficient (Wildman–Crippen LogP) is 3.38. The molecule has 3 nitrogen and oxygen atoms in total. The molecular weight excluding hydrogens is 272 g/mol. The van der Waals surface area contributed by atoms with E-state index in [-0.39, 0.29) is 5.41 Å². The van der Waals surface area contributed by atoms with Crippen LogP contribution >= 0.6 is 0 Å². The molecule has 120 valence electrons. The zero-order chi connectivity index (χ0) is 14.9. The van der Waals surface area contributed by atoms with Crippen LogP contribution in [0.15, 0.2) is 4.79 Å². The summed E-state index contributed by atoms with van der Waals surface area (Å²) in [6, 6.07) is 0. The van der Waals surface area contributed by atoms with Gasteiger partial charge in [-0.3, -0.25) is 14.2 Å². The van der Waals surface area contributed by atoms with Crippen molar-refractivity contribution in [3.63, 3.8) is 0 Å². The molecule has 5 aliphatic rings. The molecule has 22 heavy (non-hydrogen) atoms. The molecule has 1 aromatic heterocycles. The molecule has 4 saturated carbocycles. The van der Waals surface area contributed by atoms with Crippen molar-refractivity contribution in [3.05, 3.63) is 21.6 Å². The Kier molecular flexibility index (Phi) is 2.76. The first-order valence-corrected chi connectivity index (χ1v) is 9.45. The summed E-state index contributed by atoms with van der Waals surface area (Å²) in [5.74, 6) is 2.74. The van der Waals surface area contributed by atoms with Crippen molar-refractivity contribution in [1.29, 1.82) is 0 Å². The Bertz CT molecular complexity index is 630. The number of hydrogen-bond donors (Lipinski definition) is 0. The number of rotatable bonds is 1. The average molecular weight is 300 g/mol. The summed E-state index contributed by atoms with van der Waals surface area (Å²) < 4.78 is 4.29. The van der Waals surface area contributed by atoms with Gasteiger partial charge in [0, 0.05) is 30.3 Å². The van der Waals surface area contributed by atoms with Crippen LogP contribution in [0.3, 0.4) is 0 Å². The molecule has 0 aromatic carbocycles. The summed E-state index contributed by atoms with van der Waals surface area (Å²) in [6.07, 6.45) is 13.2. The number of hydrogen-bond acceptors (Lipinski definition) is 1. The second-order valence-corrected chi connectivity index (χ2v) is 8.78. The van der Waals surface area contributed by atoms with Gasteiger partial charge in [-0.15, -0.1) is 0 Å². The van der Waals surface area contributed by atoms with Crippen LogP contribution in [-0.2, 0) is 25.4 Å². The Morgan fingerprint density at radius 2 is 1.59 bits per heavy atom. The minimum absolute atomic E-state index is 0.258. The van der Waals surface area contributed by atoms with Gasteiger partial charge in [0.25, 0.3) is 5.56 Å². The van der Waals surface area contributed by atoms with E-state index in [1.54, 1.807) is 0 Å². The lowest BCUT2D eigenvalue weighted by molar-refractivity contribution is -0.00612. The topological polar surface area (TPSA) is 26.9 Å². The van der Waals surface area contributed by atoms with E-state index < -0.39 is 0 Å². The van der Waals surface area contributed by atoms with E-state index in [1.165, 1.54) is 69.0 Å². The van der Waals surface area contributed by atoms with Crippen LogP contribution in [0.5, 0.6) is 0 Å². The lowest BCUT2D eigenvalue weighted by atomic mass is 9.48. The zero-order valence-corrected chi connectivity index (χ0v) is 13.8. The summed E-state index contributed by atoms with van der Waals surface area (Å²) in [7, 11) is 2.00. The van der Waals surface area contributed by atoms with Crippen molar-refractivity contribution in [2.75, 3.05) is 0 Å². The van der Waals surface area contributed by atoms with Gasteiger partial charge < -0.3 is 0 Å². The van der Waals surface area contributed by atoms with E-state index in [1.807, 2.05) is 11.7 Å². The van der Waals surface area contributed by atoms with E-state index in [0.29, 0.717) is 5.56 Å². The van der Waals surface area contributed by atoms with Crippen LogP contribution in [0.25, 0.3) is 0 Å². The van der Waals surface area contributed by atoms with Gasteiger partial charge in [0.05, 0.1) is 0 Å². The first-order chi connectivity index (χ1) is 10.7. The second-order valence-electron chi connectivity index (χ2n) is 8.78. The zero-order valence-electron chi connectivity index (χ0n) is 13.8. The maximum absolute atomic E-state index is 13.1. The second kappa shape index (κ2) is 4.52. The smallest absolute Gasteiger partial charge is 0.270 e. The Labute approximate surface area is 132 Å². The molecule has 0 unspecified atom stereocenters. The molecule has 1 aliphatic heterocycles. The van der Waals surface area contributed by atoms with Crippen molar-refractivity contribution in [1.82, 2.24) is 9.36 Å². The Morgan fingerprint density at radius 1 is 0.955 bits per heavy atom. The van der Waals surface area contributed by atoms with Crippen LogP contribution < -0.4 is 5.56 Å². The SMILES string of the molecule is Cn1c(=O)c(C23CC4CC(CC(C4)C2)C3)c2n1CCCCC2. The van der Waals surface area contributed by atoms with Gasteiger partial charge in [0.15, 0.2) is 0 Å². The molecule has 1 aromatic rings. The minimum atomic E-state index is 0.258. The van der Waals surface area contributed by atoms with Crippen LogP contribution in [0.1, 0.15) is 69.0 Å². The third-order valence-electron chi connectivity index (χ3n) is 7.32. The van der Waals surface area contributed by atoms with Crippen molar-refractivity contribution in [3.8, 4) is 0 Å². The normalized spacial score (nSPS) is 39.8. The van der Waals surface area contributed by atoms with E-state index in [9.17, 15) is 4.79 Å². The lowest BCUT2D eigenvalue weighted by Gasteiger charge is -2.56. The molecule has 4 aliphatic carbocycles. The fraction of sp³-hybridized carbons (Fsp3) is 0.842. The highest BCUT2D eigenvalue weighted by atomic mass is 16.1. The van der Waals surface area contributed by atoms with Crippen molar-refractivity contribution >= 4 is 0 Å². The number of aromatic nitrogens is 2. The van der Waals surface area contributed by atoms with Gasteiger partial charge in [-0.05, 0) is 75.5 Å². The number of nitrogens with zero attached hydrogens (tertiary/aromatic N) is 2. The van der Waals surface area contributed by atoms with E-state index in [4.69, 9.17) is 0 Å². The van der Waals surface area contributed by atoms with Crippen molar-refractivity contribution in [2.24, 2.45) is 24.8 Å². The molecule has 4 bridgehead atoms. The van der Waals surface area contributed by atoms with Crippen LogP contribution in [0, 0.1) is 17.8 Å². The maximum atomic E-state index is 13.1. The molecule has 0 atom stereocenters. The summed E-state index contributed by atoms with van der Waals surface area (Å²) in [4.78, 5) is 13.1. The van der Waals surface area contributed by atoms with Crippen LogP contribution in [0.2, 0.25) is 0 Å². The van der Waals surface area contributed by atoms with Gasteiger partial charge >= 0.3 is 0 Å². The molecule has 0 N–H and O–H groups in total. The largest absolute Gasteiger partial charge is 0.287 e. The summed E-state index contributed by atoms with van der Waals surface area (Å²) in [6.45, 7) is 1.05. The summed E-state index contributed by atoms with van der Waals surface area (Å²) in [5, 5.41) is 0. The summed E-state index contributed by atoms with van der Waals surface area (Å²) in [5.41, 5.74) is 3.30. The van der Waals surface area contributed by atoms with Crippen LogP contribution in [0.4, 0.5) is 0 Å².